The van der Waals surface area contributed by atoms with Crippen LogP contribution in [0.4, 0.5) is 0 Å². The lowest BCUT2D eigenvalue weighted by Gasteiger charge is -2.17. The highest BCUT2D eigenvalue weighted by Crippen LogP contribution is 2.20. The van der Waals surface area contributed by atoms with Gasteiger partial charge >= 0.3 is 0 Å². The molecular weight excluding hydrogens is 274 g/mol. The van der Waals surface area contributed by atoms with E-state index in [0.717, 1.165) is 17.7 Å². The monoisotopic (exact) mass is 299 g/mol. The van der Waals surface area contributed by atoms with Gasteiger partial charge in [0.05, 0.1) is 6.61 Å². The summed E-state index contributed by atoms with van der Waals surface area (Å²) < 4.78 is 6.00. The summed E-state index contributed by atoms with van der Waals surface area (Å²) in [5.41, 5.74) is 3.56. The van der Waals surface area contributed by atoms with Crippen LogP contribution in [0.1, 0.15) is 30.0 Å². The third-order valence-corrected chi connectivity index (χ3v) is 3.91. The first-order valence-electron chi connectivity index (χ1n) is 7.84. The van der Waals surface area contributed by atoms with Crippen LogP contribution in [0.3, 0.4) is 0 Å². The number of ether oxygens (including phenoxy) is 1. The minimum Gasteiger partial charge on any atom is -0.489 e. The number of hydrogen-bond donors (Lipinski definition) is 2. The van der Waals surface area contributed by atoms with Gasteiger partial charge in [-0.3, -0.25) is 0 Å². The molecule has 2 N–H and O–H groups in total. The molecule has 0 aliphatic heterocycles. The smallest absolute Gasteiger partial charge is 0.124 e. The van der Waals surface area contributed by atoms with Gasteiger partial charge in [-0.1, -0.05) is 49.4 Å². The normalized spacial score (nSPS) is 12.1. The SMILES string of the molecule is CC[C@H](CO)NCc1ccccc1OCc1ccccc1C. The number of aryl methyl sites for hydroxylation is 1. The van der Waals surface area contributed by atoms with Gasteiger partial charge in [-0.05, 0) is 30.5 Å². The van der Waals surface area contributed by atoms with Crippen molar-refractivity contribution in [3.63, 3.8) is 0 Å². The van der Waals surface area contributed by atoms with Crippen molar-refractivity contribution in [2.75, 3.05) is 6.61 Å². The first kappa shape index (κ1) is 16.5. The van der Waals surface area contributed by atoms with Crippen molar-refractivity contribution in [3.8, 4) is 5.75 Å². The van der Waals surface area contributed by atoms with E-state index < -0.39 is 0 Å². The number of aliphatic hydroxyl groups is 1. The van der Waals surface area contributed by atoms with Crippen molar-refractivity contribution in [3.05, 3.63) is 65.2 Å². The van der Waals surface area contributed by atoms with Gasteiger partial charge in [0.25, 0.3) is 0 Å². The maximum absolute atomic E-state index is 9.26. The topological polar surface area (TPSA) is 41.5 Å². The molecule has 1 atom stereocenters. The Balaban J connectivity index is 2.00. The Morgan fingerprint density at radius 2 is 1.73 bits per heavy atom. The van der Waals surface area contributed by atoms with Crippen molar-refractivity contribution >= 4 is 0 Å². The van der Waals surface area contributed by atoms with Crippen molar-refractivity contribution < 1.29 is 9.84 Å². The molecule has 0 heterocycles. The van der Waals surface area contributed by atoms with Gasteiger partial charge in [0.15, 0.2) is 0 Å². The standard InChI is InChI=1S/C19H25NO2/c1-3-18(13-21)20-12-16-9-6-7-11-19(16)22-14-17-10-5-4-8-15(17)2/h4-11,18,20-21H,3,12-14H2,1-2H3/t18-/m1/s1. The van der Waals surface area contributed by atoms with Crippen molar-refractivity contribution in [1.29, 1.82) is 0 Å². The van der Waals surface area contributed by atoms with E-state index in [2.05, 4.69) is 37.4 Å². The summed E-state index contributed by atoms with van der Waals surface area (Å²) in [4.78, 5) is 0. The molecule has 0 unspecified atom stereocenters. The number of benzene rings is 2. The summed E-state index contributed by atoms with van der Waals surface area (Å²) in [7, 11) is 0. The highest BCUT2D eigenvalue weighted by Gasteiger charge is 2.07. The molecule has 0 radical (unpaired) electrons. The Morgan fingerprint density at radius 3 is 2.41 bits per heavy atom. The molecule has 2 aromatic rings. The summed E-state index contributed by atoms with van der Waals surface area (Å²) in [5.74, 6) is 0.894. The van der Waals surface area contributed by atoms with Crippen LogP contribution >= 0.6 is 0 Å². The third-order valence-electron chi connectivity index (χ3n) is 3.91. The second-order valence-electron chi connectivity index (χ2n) is 5.49. The van der Waals surface area contributed by atoms with Crippen LogP contribution in [0.2, 0.25) is 0 Å². The molecule has 0 spiro atoms. The van der Waals surface area contributed by atoms with E-state index in [-0.39, 0.29) is 12.6 Å². The number of aliphatic hydroxyl groups excluding tert-OH is 1. The predicted molar refractivity (Wildman–Crippen MR) is 90.0 cm³/mol. The number of hydrogen-bond acceptors (Lipinski definition) is 3. The van der Waals surface area contributed by atoms with Crippen molar-refractivity contribution in [2.24, 2.45) is 0 Å². The zero-order valence-electron chi connectivity index (χ0n) is 13.4. The number of nitrogens with one attached hydrogen (secondary N) is 1. The van der Waals surface area contributed by atoms with Gasteiger partial charge in [0, 0.05) is 18.2 Å². The molecule has 118 valence electrons. The minimum absolute atomic E-state index is 0.129. The van der Waals surface area contributed by atoms with Gasteiger partial charge in [0.1, 0.15) is 12.4 Å². The molecule has 0 aromatic heterocycles. The summed E-state index contributed by atoms with van der Waals surface area (Å²) in [6.07, 6.45) is 0.905. The Morgan fingerprint density at radius 1 is 1.05 bits per heavy atom. The Hall–Kier alpha value is -1.84. The minimum atomic E-state index is 0.129. The summed E-state index contributed by atoms with van der Waals surface area (Å²) in [6.45, 7) is 5.58. The van der Waals surface area contributed by atoms with Gasteiger partial charge in [0.2, 0.25) is 0 Å². The average Bonchev–Trinajstić information content (AvgIpc) is 2.56. The lowest BCUT2D eigenvalue weighted by molar-refractivity contribution is 0.237. The zero-order chi connectivity index (χ0) is 15.8. The quantitative estimate of drug-likeness (QED) is 0.784. The van der Waals surface area contributed by atoms with Gasteiger partial charge in [-0.15, -0.1) is 0 Å². The van der Waals surface area contributed by atoms with Crippen molar-refractivity contribution in [1.82, 2.24) is 5.32 Å². The molecular formula is C19H25NO2. The maximum Gasteiger partial charge on any atom is 0.124 e. The van der Waals surface area contributed by atoms with E-state index in [1.54, 1.807) is 0 Å². The maximum atomic E-state index is 9.26. The lowest BCUT2D eigenvalue weighted by Crippen LogP contribution is -2.31. The molecule has 2 rings (SSSR count). The fourth-order valence-electron chi connectivity index (χ4n) is 2.31. The van der Waals surface area contributed by atoms with Crippen LogP contribution in [0.5, 0.6) is 5.75 Å². The molecule has 22 heavy (non-hydrogen) atoms. The fraction of sp³-hybridized carbons (Fsp3) is 0.368. The highest BCUT2D eigenvalue weighted by molar-refractivity contribution is 5.34. The summed E-state index contributed by atoms with van der Waals surface area (Å²) in [6, 6.07) is 16.4. The largest absolute Gasteiger partial charge is 0.489 e. The van der Waals surface area contributed by atoms with E-state index in [9.17, 15) is 5.11 Å². The Kier molecular flexibility index (Phi) is 6.44. The van der Waals surface area contributed by atoms with E-state index in [4.69, 9.17) is 4.74 Å². The number of rotatable bonds is 8. The first-order valence-corrected chi connectivity index (χ1v) is 7.84. The molecule has 0 fully saturated rings. The van der Waals surface area contributed by atoms with E-state index in [1.807, 2.05) is 30.3 Å². The van der Waals surface area contributed by atoms with Crippen LogP contribution in [0.15, 0.2) is 48.5 Å². The predicted octanol–water partition coefficient (Wildman–Crippen LogP) is 3.43. The van der Waals surface area contributed by atoms with E-state index in [0.29, 0.717) is 13.2 Å². The molecule has 3 nitrogen and oxygen atoms in total. The van der Waals surface area contributed by atoms with Crippen LogP contribution < -0.4 is 10.1 Å². The number of para-hydroxylation sites is 1. The molecule has 0 aliphatic rings. The van der Waals surface area contributed by atoms with Gasteiger partial charge < -0.3 is 15.2 Å². The second kappa shape index (κ2) is 8.57. The lowest BCUT2D eigenvalue weighted by atomic mass is 10.1. The van der Waals surface area contributed by atoms with Crippen LogP contribution in [0.25, 0.3) is 0 Å². The average molecular weight is 299 g/mol. The van der Waals surface area contributed by atoms with Crippen LogP contribution in [-0.4, -0.2) is 17.8 Å². The summed E-state index contributed by atoms with van der Waals surface area (Å²) in [5, 5.41) is 12.6. The molecule has 0 saturated carbocycles. The molecule has 2 aromatic carbocycles. The Bertz CT molecular complexity index is 579. The van der Waals surface area contributed by atoms with Crippen LogP contribution in [0, 0.1) is 6.92 Å². The van der Waals surface area contributed by atoms with E-state index >= 15 is 0 Å². The van der Waals surface area contributed by atoms with Gasteiger partial charge in [-0.25, -0.2) is 0 Å². The molecule has 0 aliphatic carbocycles. The highest BCUT2D eigenvalue weighted by atomic mass is 16.5. The van der Waals surface area contributed by atoms with Crippen LogP contribution in [-0.2, 0) is 13.2 Å². The zero-order valence-corrected chi connectivity index (χ0v) is 13.4. The Labute approximate surface area is 133 Å². The molecule has 0 bridgehead atoms. The molecule has 0 amide bonds. The fourth-order valence-corrected chi connectivity index (χ4v) is 2.31. The van der Waals surface area contributed by atoms with Gasteiger partial charge in [-0.2, -0.15) is 0 Å². The van der Waals surface area contributed by atoms with E-state index in [1.165, 1.54) is 11.1 Å². The third kappa shape index (κ3) is 4.58. The molecule has 0 saturated heterocycles. The van der Waals surface area contributed by atoms with Crippen molar-refractivity contribution in [2.45, 2.75) is 39.5 Å². The first-order chi connectivity index (χ1) is 10.7. The molecule has 3 heteroatoms. The summed E-state index contributed by atoms with van der Waals surface area (Å²) >= 11 is 0. The second-order valence-corrected chi connectivity index (χ2v) is 5.49.